The fourth-order valence-corrected chi connectivity index (χ4v) is 2.49. The van der Waals surface area contributed by atoms with Crippen LogP contribution in [0.2, 0.25) is 0 Å². The first kappa shape index (κ1) is 15.0. The number of rotatable bonds is 3. The van der Waals surface area contributed by atoms with Gasteiger partial charge in [-0.1, -0.05) is 19.1 Å². The zero-order valence-corrected chi connectivity index (χ0v) is 13.0. The van der Waals surface area contributed by atoms with Crippen LogP contribution >= 0.6 is 0 Å². The SMILES string of the molecule is CCC(=O)Nc1ccc(-n2c(C)nc3ccccc3c2=O)cc1. The summed E-state index contributed by atoms with van der Waals surface area (Å²) in [6, 6.07) is 14.5. The third kappa shape index (κ3) is 2.85. The lowest BCUT2D eigenvalue weighted by Crippen LogP contribution is -2.22. The van der Waals surface area contributed by atoms with E-state index in [4.69, 9.17) is 0 Å². The average molecular weight is 307 g/mol. The molecule has 0 atom stereocenters. The van der Waals surface area contributed by atoms with Gasteiger partial charge in [0.15, 0.2) is 0 Å². The number of aryl methyl sites for hydroxylation is 1. The fraction of sp³-hybridized carbons (Fsp3) is 0.167. The highest BCUT2D eigenvalue weighted by molar-refractivity contribution is 5.90. The molecule has 5 heteroatoms. The Morgan fingerprint density at radius 2 is 1.83 bits per heavy atom. The largest absolute Gasteiger partial charge is 0.326 e. The highest BCUT2D eigenvalue weighted by atomic mass is 16.1. The number of anilines is 1. The van der Waals surface area contributed by atoms with Crippen molar-refractivity contribution in [2.45, 2.75) is 20.3 Å². The number of para-hydroxylation sites is 1. The first-order chi connectivity index (χ1) is 11.1. The molecule has 0 saturated heterocycles. The summed E-state index contributed by atoms with van der Waals surface area (Å²) in [7, 11) is 0. The molecule has 0 aliphatic heterocycles. The molecule has 1 heterocycles. The van der Waals surface area contributed by atoms with Crippen molar-refractivity contribution in [1.82, 2.24) is 9.55 Å². The smallest absolute Gasteiger partial charge is 0.265 e. The minimum Gasteiger partial charge on any atom is -0.326 e. The van der Waals surface area contributed by atoms with E-state index in [0.717, 1.165) is 5.69 Å². The number of carbonyl (C=O) groups is 1. The molecule has 116 valence electrons. The summed E-state index contributed by atoms with van der Waals surface area (Å²) in [5, 5.41) is 3.37. The number of carbonyl (C=O) groups excluding carboxylic acids is 1. The molecule has 0 spiro atoms. The molecular formula is C18H17N3O2. The Kier molecular flexibility index (Phi) is 3.93. The quantitative estimate of drug-likeness (QED) is 0.809. The molecule has 0 fully saturated rings. The summed E-state index contributed by atoms with van der Waals surface area (Å²) in [6.07, 6.45) is 0.426. The van der Waals surface area contributed by atoms with Crippen molar-refractivity contribution in [2.75, 3.05) is 5.32 Å². The summed E-state index contributed by atoms with van der Waals surface area (Å²) >= 11 is 0. The number of amides is 1. The van der Waals surface area contributed by atoms with Gasteiger partial charge < -0.3 is 5.32 Å². The van der Waals surface area contributed by atoms with E-state index >= 15 is 0 Å². The van der Waals surface area contributed by atoms with E-state index in [1.807, 2.05) is 18.2 Å². The minimum atomic E-state index is -0.0987. The zero-order valence-electron chi connectivity index (χ0n) is 13.0. The second kappa shape index (κ2) is 6.04. The van der Waals surface area contributed by atoms with Crippen LogP contribution in [-0.4, -0.2) is 15.5 Å². The van der Waals surface area contributed by atoms with Crippen LogP contribution in [0, 0.1) is 6.92 Å². The van der Waals surface area contributed by atoms with Crippen molar-refractivity contribution in [3.63, 3.8) is 0 Å². The predicted octanol–water partition coefficient (Wildman–Crippen LogP) is 3.04. The Morgan fingerprint density at radius 1 is 1.13 bits per heavy atom. The second-order valence-electron chi connectivity index (χ2n) is 5.27. The standard InChI is InChI=1S/C18H17N3O2/c1-3-17(22)20-13-8-10-14(11-9-13)21-12(2)19-16-7-5-4-6-15(16)18(21)23/h4-11H,3H2,1-2H3,(H,20,22). The second-order valence-corrected chi connectivity index (χ2v) is 5.27. The molecule has 0 unspecified atom stereocenters. The topological polar surface area (TPSA) is 64.0 Å². The van der Waals surface area contributed by atoms with E-state index in [-0.39, 0.29) is 11.5 Å². The van der Waals surface area contributed by atoms with Gasteiger partial charge in [-0.2, -0.15) is 0 Å². The normalized spacial score (nSPS) is 10.7. The molecule has 0 saturated carbocycles. The molecule has 3 aromatic rings. The molecule has 0 radical (unpaired) electrons. The van der Waals surface area contributed by atoms with E-state index in [9.17, 15) is 9.59 Å². The van der Waals surface area contributed by atoms with Gasteiger partial charge in [0.25, 0.3) is 5.56 Å². The van der Waals surface area contributed by atoms with Crippen molar-refractivity contribution in [1.29, 1.82) is 0 Å². The zero-order chi connectivity index (χ0) is 16.4. The van der Waals surface area contributed by atoms with Crippen LogP contribution in [0.3, 0.4) is 0 Å². The maximum absolute atomic E-state index is 12.7. The van der Waals surface area contributed by atoms with Gasteiger partial charge in [0.1, 0.15) is 5.82 Å². The lowest BCUT2D eigenvalue weighted by atomic mass is 10.2. The first-order valence-electron chi connectivity index (χ1n) is 7.49. The van der Waals surface area contributed by atoms with Crippen LogP contribution < -0.4 is 10.9 Å². The van der Waals surface area contributed by atoms with Gasteiger partial charge in [0.2, 0.25) is 5.91 Å². The Balaban J connectivity index is 2.06. The summed E-state index contributed by atoms with van der Waals surface area (Å²) in [5.41, 5.74) is 2.02. The number of aromatic nitrogens is 2. The maximum atomic E-state index is 12.7. The lowest BCUT2D eigenvalue weighted by molar-refractivity contribution is -0.115. The predicted molar refractivity (Wildman–Crippen MR) is 91.0 cm³/mol. The van der Waals surface area contributed by atoms with Crippen molar-refractivity contribution < 1.29 is 4.79 Å². The van der Waals surface area contributed by atoms with Gasteiger partial charge in [0, 0.05) is 12.1 Å². The number of hydrogen-bond donors (Lipinski definition) is 1. The average Bonchev–Trinajstić information content (AvgIpc) is 2.56. The third-order valence-electron chi connectivity index (χ3n) is 3.67. The van der Waals surface area contributed by atoms with Crippen molar-refractivity contribution >= 4 is 22.5 Å². The molecule has 3 rings (SSSR count). The molecule has 0 bridgehead atoms. The number of nitrogens with zero attached hydrogens (tertiary/aromatic N) is 2. The number of benzene rings is 2. The van der Waals surface area contributed by atoms with Gasteiger partial charge in [-0.25, -0.2) is 4.98 Å². The van der Waals surface area contributed by atoms with E-state index in [2.05, 4.69) is 10.3 Å². The van der Waals surface area contributed by atoms with Crippen molar-refractivity contribution in [3.8, 4) is 5.69 Å². The van der Waals surface area contributed by atoms with Crippen molar-refractivity contribution in [3.05, 3.63) is 64.7 Å². The van der Waals surface area contributed by atoms with E-state index in [1.165, 1.54) is 0 Å². The third-order valence-corrected chi connectivity index (χ3v) is 3.67. The maximum Gasteiger partial charge on any atom is 0.265 e. The molecule has 5 nitrogen and oxygen atoms in total. The van der Waals surface area contributed by atoms with Crippen LogP contribution in [0.25, 0.3) is 16.6 Å². The Bertz CT molecular complexity index is 927. The highest BCUT2D eigenvalue weighted by Gasteiger charge is 2.09. The summed E-state index contributed by atoms with van der Waals surface area (Å²) < 4.78 is 1.58. The van der Waals surface area contributed by atoms with Crippen LogP contribution in [0.15, 0.2) is 53.3 Å². The van der Waals surface area contributed by atoms with E-state index in [0.29, 0.717) is 28.8 Å². The Hall–Kier alpha value is -2.95. The van der Waals surface area contributed by atoms with Crippen LogP contribution in [0.5, 0.6) is 0 Å². The molecule has 1 aromatic heterocycles. The molecule has 1 N–H and O–H groups in total. The number of fused-ring (bicyclic) bond motifs is 1. The molecule has 2 aromatic carbocycles. The van der Waals surface area contributed by atoms with Gasteiger partial charge in [-0.05, 0) is 43.3 Å². The van der Waals surface area contributed by atoms with Crippen molar-refractivity contribution in [2.24, 2.45) is 0 Å². The van der Waals surface area contributed by atoms with E-state index in [1.54, 1.807) is 48.7 Å². The Morgan fingerprint density at radius 3 is 2.52 bits per heavy atom. The fourth-order valence-electron chi connectivity index (χ4n) is 2.49. The monoisotopic (exact) mass is 307 g/mol. The van der Waals surface area contributed by atoms with Gasteiger partial charge in [-0.15, -0.1) is 0 Å². The molecule has 0 aliphatic rings. The lowest BCUT2D eigenvalue weighted by Gasteiger charge is -2.11. The van der Waals surface area contributed by atoms with E-state index < -0.39 is 0 Å². The van der Waals surface area contributed by atoms with Crippen LogP contribution in [0.1, 0.15) is 19.2 Å². The summed E-state index contributed by atoms with van der Waals surface area (Å²) in [4.78, 5) is 28.6. The highest BCUT2D eigenvalue weighted by Crippen LogP contribution is 2.15. The number of hydrogen-bond acceptors (Lipinski definition) is 3. The first-order valence-corrected chi connectivity index (χ1v) is 7.49. The minimum absolute atomic E-state index is 0.0431. The van der Waals surface area contributed by atoms with Crippen LogP contribution in [0.4, 0.5) is 5.69 Å². The summed E-state index contributed by atoms with van der Waals surface area (Å²) in [5.74, 6) is 0.581. The molecule has 23 heavy (non-hydrogen) atoms. The summed E-state index contributed by atoms with van der Waals surface area (Å²) in [6.45, 7) is 3.61. The Labute approximate surface area is 133 Å². The van der Waals surface area contributed by atoms with Gasteiger partial charge in [0.05, 0.1) is 16.6 Å². The van der Waals surface area contributed by atoms with Gasteiger partial charge >= 0.3 is 0 Å². The van der Waals surface area contributed by atoms with Crippen LogP contribution in [-0.2, 0) is 4.79 Å². The molecular weight excluding hydrogens is 290 g/mol. The molecule has 0 aliphatic carbocycles. The number of nitrogens with one attached hydrogen (secondary N) is 1. The van der Waals surface area contributed by atoms with Gasteiger partial charge in [-0.3, -0.25) is 14.2 Å². The molecule has 1 amide bonds.